The van der Waals surface area contributed by atoms with E-state index >= 15 is 0 Å². The van der Waals surface area contributed by atoms with Crippen molar-refractivity contribution in [3.8, 4) is 0 Å². The van der Waals surface area contributed by atoms with E-state index in [9.17, 15) is 9.18 Å². The van der Waals surface area contributed by atoms with E-state index in [0.717, 1.165) is 50.4 Å². The summed E-state index contributed by atoms with van der Waals surface area (Å²) in [7, 11) is 0. The maximum atomic E-state index is 13.3. The highest BCUT2D eigenvalue weighted by atomic mass is 19.1. The molecular formula is C24H32FN5O3. The fraction of sp³-hybridized carbons (Fsp3) is 0.542. The third-order valence-corrected chi connectivity index (χ3v) is 5.93. The Kier molecular flexibility index (Phi) is 8.20. The van der Waals surface area contributed by atoms with Crippen LogP contribution < -0.4 is 5.32 Å². The molecule has 1 aromatic rings. The molecule has 33 heavy (non-hydrogen) atoms. The lowest BCUT2D eigenvalue weighted by Gasteiger charge is -2.38. The standard InChI is InChI=1S/C24H32FN5O3/c1-2-12-32-15-11-30-21-16-19(18-3-5-20(25)6-4-18)17-27-22(21)28-23(24(30)31)26-7-8-29-9-13-33-14-10-29/h3-6,16-17,21-22H,2,7-15H2,1H3,(H,26,28). The van der Waals surface area contributed by atoms with E-state index in [1.54, 1.807) is 23.2 Å². The SMILES string of the molecule is CCCOCCN1C(=O)C(NCCN2CCOCC2)=NC2N=CC(c3ccc(F)cc3)=CC21. The smallest absolute Gasteiger partial charge is 0.289 e. The molecule has 1 fully saturated rings. The van der Waals surface area contributed by atoms with Crippen molar-refractivity contribution < 1.29 is 18.7 Å². The second kappa shape index (κ2) is 11.5. The van der Waals surface area contributed by atoms with Crippen LogP contribution in [-0.4, -0.2) is 99.1 Å². The second-order valence-corrected chi connectivity index (χ2v) is 8.28. The van der Waals surface area contributed by atoms with Gasteiger partial charge in [0.25, 0.3) is 5.91 Å². The number of hydrogen-bond donors (Lipinski definition) is 1. The van der Waals surface area contributed by atoms with Crippen molar-refractivity contribution >= 4 is 23.5 Å². The number of carbonyl (C=O) groups excluding carboxylic acids is 1. The number of carbonyl (C=O) groups is 1. The van der Waals surface area contributed by atoms with Gasteiger partial charge in [-0.25, -0.2) is 9.38 Å². The number of halogens is 1. The molecule has 0 aromatic heterocycles. The summed E-state index contributed by atoms with van der Waals surface area (Å²) < 4.78 is 24.4. The monoisotopic (exact) mass is 457 g/mol. The quantitative estimate of drug-likeness (QED) is 0.570. The fourth-order valence-electron chi connectivity index (χ4n) is 4.13. The molecule has 0 spiro atoms. The van der Waals surface area contributed by atoms with Crippen LogP contribution in [0.15, 0.2) is 40.3 Å². The summed E-state index contributed by atoms with van der Waals surface area (Å²) in [5.74, 6) is -0.0918. The van der Waals surface area contributed by atoms with E-state index in [0.29, 0.717) is 32.1 Å². The molecule has 4 rings (SSSR count). The minimum Gasteiger partial charge on any atom is -0.380 e. The first-order chi connectivity index (χ1) is 16.2. The molecule has 3 heterocycles. The number of hydrogen-bond acceptors (Lipinski definition) is 7. The van der Waals surface area contributed by atoms with Gasteiger partial charge in [-0.05, 0) is 35.8 Å². The third-order valence-electron chi connectivity index (χ3n) is 5.93. The molecular weight excluding hydrogens is 425 g/mol. The number of rotatable bonds is 9. The van der Waals surface area contributed by atoms with Crippen molar-refractivity contribution in [3.63, 3.8) is 0 Å². The molecule has 2 atom stereocenters. The Morgan fingerprint density at radius 3 is 2.73 bits per heavy atom. The van der Waals surface area contributed by atoms with Crippen LogP contribution in [0.25, 0.3) is 5.57 Å². The zero-order valence-electron chi connectivity index (χ0n) is 19.1. The lowest BCUT2D eigenvalue weighted by Crippen LogP contribution is -2.57. The molecule has 0 radical (unpaired) electrons. The van der Waals surface area contributed by atoms with Crippen LogP contribution in [-0.2, 0) is 14.3 Å². The Hall–Kier alpha value is -2.62. The molecule has 178 valence electrons. The van der Waals surface area contributed by atoms with Gasteiger partial charge < -0.3 is 19.7 Å². The highest BCUT2D eigenvalue weighted by molar-refractivity contribution is 6.38. The van der Waals surface area contributed by atoms with Crippen LogP contribution in [0.4, 0.5) is 4.39 Å². The number of nitrogens with zero attached hydrogens (tertiary/aromatic N) is 4. The first-order valence-electron chi connectivity index (χ1n) is 11.7. The van der Waals surface area contributed by atoms with E-state index in [4.69, 9.17) is 9.47 Å². The number of fused-ring (bicyclic) bond motifs is 1. The van der Waals surface area contributed by atoms with Crippen LogP contribution in [0.5, 0.6) is 0 Å². The van der Waals surface area contributed by atoms with Gasteiger partial charge in [0.1, 0.15) is 5.82 Å². The number of amides is 1. The van der Waals surface area contributed by atoms with E-state index < -0.39 is 6.17 Å². The van der Waals surface area contributed by atoms with Gasteiger partial charge in [-0.1, -0.05) is 19.1 Å². The minimum atomic E-state index is -0.413. The predicted molar refractivity (Wildman–Crippen MR) is 126 cm³/mol. The molecule has 9 heteroatoms. The third kappa shape index (κ3) is 6.04. The highest BCUT2D eigenvalue weighted by Crippen LogP contribution is 2.26. The van der Waals surface area contributed by atoms with Gasteiger partial charge in [-0.2, -0.15) is 0 Å². The molecule has 1 saturated heterocycles. The van der Waals surface area contributed by atoms with Crippen LogP contribution in [0.2, 0.25) is 0 Å². The van der Waals surface area contributed by atoms with Gasteiger partial charge in [0, 0.05) is 45.5 Å². The maximum absolute atomic E-state index is 13.3. The first-order valence-corrected chi connectivity index (χ1v) is 11.7. The van der Waals surface area contributed by atoms with Crippen molar-refractivity contribution in [1.82, 2.24) is 15.1 Å². The summed E-state index contributed by atoms with van der Waals surface area (Å²) in [6.45, 7) is 8.34. The molecule has 1 aromatic carbocycles. The summed E-state index contributed by atoms with van der Waals surface area (Å²) >= 11 is 0. The molecule has 2 unspecified atom stereocenters. The highest BCUT2D eigenvalue weighted by Gasteiger charge is 2.38. The van der Waals surface area contributed by atoms with E-state index in [2.05, 4.69) is 27.1 Å². The number of nitrogens with one attached hydrogen (secondary N) is 1. The Labute approximate surface area is 194 Å². The van der Waals surface area contributed by atoms with E-state index in [1.165, 1.54) is 12.1 Å². The first kappa shape index (κ1) is 23.5. The van der Waals surface area contributed by atoms with Crippen molar-refractivity contribution in [2.75, 3.05) is 59.2 Å². The number of ether oxygens (including phenoxy) is 2. The Morgan fingerprint density at radius 2 is 1.97 bits per heavy atom. The molecule has 1 N–H and O–H groups in total. The van der Waals surface area contributed by atoms with Gasteiger partial charge in [0.15, 0.2) is 12.0 Å². The number of allylic oxidation sites excluding steroid dienone is 1. The van der Waals surface area contributed by atoms with Crippen LogP contribution in [0.1, 0.15) is 18.9 Å². The summed E-state index contributed by atoms with van der Waals surface area (Å²) in [5, 5.41) is 3.23. The second-order valence-electron chi connectivity index (χ2n) is 8.28. The average molecular weight is 458 g/mol. The molecule has 0 saturated carbocycles. The molecule has 0 aliphatic carbocycles. The number of benzene rings is 1. The fourth-order valence-corrected chi connectivity index (χ4v) is 4.13. The lowest BCUT2D eigenvalue weighted by molar-refractivity contribution is -0.127. The lowest BCUT2D eigenvalue weighted by atomic mass is 9.98. The molecule has 0 bridgehead atoms. The van der Waals surface area contributed by atoms with Gasteiger partial charge in [-0.3, -0.25) is 14.7 Å². The van der Waals surface area contributed by atoms with Gasteiger partial charge >= 0.3 is 0 Å². The van der Waals surface area contributed by atoms with E-state index in [1.807, 2.05) is 6.08 Å². The molecule has 3 aliphatic heterocycles. The van der Waals surface area contributed by atoms with Crippen LogP contribution in [0, 0.1) is 5.82 Å². The summed E-state index contributed by atoms with van der Waals surface area (Å²) in [6, 6.07) is 5.97. The predicted octanol–water partition coefficient (Wildman–Crippen LogP) is 1.58. The normalized spacial score (nSPS) is 23.2. The van der Waals surface area contributed by atoms with E-state index in [-0.39, 0.29) is 17.8 Å². The van der Waals surface area contributed by atoms with Gasteiger partial charge in [-0.15, -0.1) is 0 Å². The average Bonchev–Trinajstić information content (AvgIpc) is 2.84. The Morgan fingerprint density at radius 1 is 1.18 bits per heavy atom. The number of amidine groups is 1. The van der Waals surface area contributed by atoms with Crippen LogP contribution in [0.3, 0.4) is 0 Å². The topological polar surface area (TPSA) is 78.8 Å². The maximum Gasteiger partial charge on any atom is 0.289 e. The number of dihydropyridines is 1. The Bertz CT molecular complexity index is 896. The van der Waals surface area contributed by atoms with Crippen LogP contribution >= 0.6 is 0 Å². The molecule has 3 aliphatic rings. The van der Waals surface area contributed by atoms with Crippen molar-refractivity contribution in [2.45, 2.75) is 25.6 Å². The van der Waals surface area contributed by atoms with Crippen molar-refractivity contribution in [1.29, 1.82) is 0 Å². The van der Waals surface area contributed by atoms with Gasteiger partial charge in [0.2, 0.25) is 0 Å². The van der Waals surface area contributed by atoms with Crippen molar-refractivity contribution in [3.05, 3.63) is 41.7 Å². The summed E-state index contributed by atoms with van der Waals surface area (Å²) in [6.07, 6.45) is 4.26. The Balaban J connectivity index is 1.48. The summed E-state index contributed by atoms with van der Waals surface area (Å²) in [4.78, 5) is 26.7. The summed E-state index contributed by atoms with van der Waals surface area (Å²) in [5.41, 5.74) is 1.70. The molecule has 8 nitrogen and oxygen atoms in total. The van der Waals surface area contributed by atoms with Crippen molar-refractivity contribution in [2.24, 2.45) is 9.98 Å². The number of aliphatic imine (C=N–C) groups is 2. The van der Waals surface area contributed by atoms with Gasteiger partial charge in [0.05, 0.1) is 25.9 Å². The number of morpholine rings is 1. The molecule has 1 amide bonds. The largest absolute Gasteiger partial charge is 0.380 e. The zero-order chi connectivity index (χ0) is 23.0. The zero-order valence-corrected chi connectivity index (χ0v) is 19.1. The minimum absolute atomic E-state index is 0.148.